The quantitative estimate of drug-likeness (QED) is 0.783. The predicted octanol–water partition coefficient (Wildman–Crippen LogP) is 4.04. The van der Waals surface area contributed by atoms with Gasteiger partial charge in [0, 0.05) is 16.5 Å². The summed E-state index contributed by atoms with van der Waals surface area (Å²) in [5.74, 6) is -0.937. The summed E-state index contributed by atoms with van der Waals surface area (Å²) in [5, 5.41) is 0.780. The van der Waals surface area contributed by atoms with E-state index >= 15 is 0 Å². The highest BCUT2D eigenvalue weighted by atomic mass is 35.5. The Morgan fingerprint density at radius 3 is 2.19 bits per heavy atom. The van der Waals surface area contributed by atoms with Gasteiger partial charge in [-0.1, -0.05) is 53.5 Å². The molecular formula is C16H11Cl2NO2. The zero-order valence-corrected chi connectivity index (χ0v) is 12.4. The first-order valence-corrected chi connectivity index (χ1v) is 7.19. The second-order valence-electron chi connectivity index (χ2n) is 4.86. The molecule has 0 saturated carbocycles. The predicted molar refractivity (Wildman–Crippen MR) is 82.8 cm³/mol. The SMILES string of the molecule is O=C1CC(c2ccccc2)C(=O)N1c1cc(Cl)cc(Cl)c1. The fourth-order valence-corrected chi connectivity index (χ4v) is 3.03. The molecule has 1 saturated heterocycles. The fourth-order valence-electron chi connectivity index (χ4n) is 2.52. The third-order valence-corrected chi connectivity index (χ3v) is 3.89. The standard InChI is InChI=1S/C16H11Cl2NO2/c17-11-6-12(18)8-13(7-11)19-15(20)9-14(16(19)21)10-4-2-1-3-5-10/h1-8,14H,9H2. The van der Waals surface area contributed by atoms with Gasteiger partial charge in [0.25, 0.3) is 0 Å². The molecule has 1 unspecified atom stereocenters. The molecule has 2 aromatic rings. The van der Waals surface area contributed by atoms with E-state index in [2.05, 4.69) is 0 Å². The summed E-state index contributed by atoms with van der Waals surface area (Å²) >= 11 is 11.9. The lowest BCUT2D eigenvalue weighted by atomic mass is 9.98. The molecule has 1 heterocycles. The molecule has 0 bridgehead atoms. The van der Waals surface area contributed by atoms with Gasteiger partial charge in [-0.25, -0.2) is 4.90 Å². The Kier molecular flexibility index (Phi) is 3.70. The molecule has 106 valence electrons. The van der Waals surface area contributed by atoms with Gasteiger partial charge in [-0.3, -0.25) is 9.59 Å². The van der Waals surface area contributed by atoms with Crippen molar-refractivity contribution in [3.8, 4) is 0 Å². The summed E-state index contributed by atoms with van der Waals surface area (Å²) in [6.45, 7) is 0. The van der Waals surface area contributed by atoms with E-state index in [9.17, 15) is 9.59 Å². The number of halogens is 2. The van der Waals surface area contributed by atoms with Crippen molar-refractivity contribution < 1.29 is 9.59 Å². The molecule has 0 aliphatic carbocycles. The summed E-state index contributed by atoms with van der Waals surface area (Å²) < 4.78 is 0. The van der Waals surface area contributed by atoms with Gasteiger partial charge in [-0.15, -0.1) is 0 Å². The molecule has 0 N–H and O–H groups in total. The fraction of sp³-hybridized carbons (Fsp3) is 0.125. The Hall–Kier alpha value is -1.84. The van der Waals surface area contributed by atoms with Crippen LogP contribution in [0.4, 0.5) is 5.69 Å². The van der Waals surface area contributed by atoms with Gasteiger partial charge in [-0.2, -0.15) is 0 Å². The highest BCUT2D eigenvalue weighted by Gasteiger charge is 2.40. The van der Waals surface area contributed by atoms with Crippen LogP contribution >= 0.6 is 23.2 Å². The number of imide groups is 1. The van der Waals surface area contributed by atoms with Crippen LogP contribution in [0.15, 0.2) is 48.5 Å². The first-order valence-electron chi connectivity index (χ1n) is 6.44. The van der Waals surface area contributed by atoms with Crippen LogP contribution in [0.25, 0.3) is 0 Å². The molecule has 0 radical (unpaired) electrons. The van der Waals surface area contributed by atoms with E-state index in [-0.39, 0.29) is 18.2 Å². The maximum absolute atomic E-state index is 12.6. The first-order chi connectivity index (χ1) is 10.1. The van der Waals surface area contributed by atoms with Gasteiger partial charge < -0.3 is 0 Å². The van der Waals surface area contributed by atoms with E-state index < -0.39 is 5.92 Å². The van der Waals surface area contributed by atoms with Crippen molar-refractivity contribution in [3.63, 3.8) is 0 Å². The van der Waals surface area contributed by atoms with E-state index in [1.165, 1.54) is 0 Å². The smallest absolute Gasteiger partial charge is 0.241 e. The van der Waals surface area contributed by atoms with Crippen LogP contribution in [-0.4, -0.2) is 11.8 Å². The average Bonchev–Trinajstić information content (AvgIpc) is 2.74. The molecule has 3 nitrogen and oxygen atoms in total. The molecule has 2 aromatic carbocycles. The number of hydrogen-bond donors (Lipinski definition) is 0. The largest absolute Gasteiger partial charge is 0.274 e. The van der Waals surface area contributed by atoms with Crippen LogP contribution in [0.2, 0.25) is 10.0 Å². The van der Waals surface area contributed by atoms with E-state index in [4.69, 9.17) is 23.2 Å². The Balaban J connectivity index is 1.98. The number of anilines is 1. The Morgan fingerprint density at radius 2 is 1.57 bits per heavy atom. The number of carbonyl (C=O) groups excluding carboxylic acids is 2. The van der Waals surface area contributed by atoms with E-state index in [1.54, 1.807) is 18.2 Å². The minimum atomic E-state index is -0.448. The van der Waals surface area contributed by atoms with Gasteiger partial charge in [0.15, 0.2) is 0 Å². The molecular weight excluding hydrogens is 309 g/mol. The molecule has 0 spiro atoms. The van der Waals surface area contributed by atoms with Gasteiger partial charge in [0.1, 0.15) is 0 Å². The van der Waals surface area contributed by atoms with Crippen LogP contribution in [-0.2, 0) is 9.59 Å². The summed E-state index contributed by atoms with van der Waals surface area (Å²) in [5.41, 5.74) is 1.26. The van der Waals surface area contributed by atoms with Crippen molar-refractivity contribution in [3.05, 3.63) is 64.1 Å². The second kappa shape index (κ2) is 5.51. The molecule has 1 fully saturated rings. The molecule has 2 amide bonds. The molecule has 1 atom stereocenters. The second-order valence-corrected chi connectivity index (χ2v) is 5.74. The van der Waals surface area contributed by atoms with Crippen molar-refractivity contribution in [2.45, 2.75) is 12.3 Å². The number of hydrogen-bond acceptors (Lipinski definition) is 2. The van der Waals surface area contributed by atoms with Crippen molar-refractivity contribution >= 4 is 40.7 Å². The number of benzene rings is 2. The molecule has 21 heavy (non-hydrogen) atoms. The molecule has 1 aliphatic rings. The van der Waals surface area contributed by atoms with Crippen LogP contribution < -0.4 is 4.90 Å². The van der Waals surface area contributed by atoms with E-state index in [0.717, 1.165) is 10.5 Å². The lowest BCUT2D eigenvalue weighted by Crippen LogP contribution is -2.30. The lowest BCUT2D eigenvalue weighted by Gasteiger charge is -2.16. The number of carbonyl (C=O) groups is 2. The van der Waals surface area contributed by atoms with Gasteiger partial charge in [-0.05, 0) is 23.8 Å². The van der Waals surface area contributed by atoms with E-state index in [1.807, 2.05) is 30.3 Å². The Bertz CT molecular complexity index is 695. The molecule has 1 aliphatic heterocycles. The normalized spacial score (nSPS) is 18.4. The molecule has 0 aromatic heterocycles. The van der Waals surface area contributed by atoms with Crippen LogP contribution in [0.1, 0.15) is 17.9 Å². The minimum absolute atomic E-state index is 0.160. The third kappa shape index (κ3) is 2.67. The van der Waals surface area contributed by atoms with Crippen LogP contribution in [0.3, 0.4) is 0 Å². The maximum Gasteiger partial charge on any atom is 0.241 e. The van der Waals surface area contributed by atoms with Gasteiger partial charge >= 0.3 is 0 Å². The molecule has 5 heteroatoms. The van der Waals surface area contributed by atoms with Crippen molar-refractivity contribution in [1.82, 2.24) is 0 Å². The third-order valence-electron chi connectivity index (χ3n) is 3.45. The number of rotatable bonds is 2. The highest BCUT2D eigenvalue weighted by Crippen LogP contribution is 2.35. The van der Waals surface area contributed by atoms with Crippen molar-refractivity contribution in [2.75, 3.05) is 4.90 Å². The van der Waals surface area contributed by atoms with Crippen molar-refractivity contribution in [1.29, 1.82) is 0 Å². The zero-order valence-electron chi connectivity index (χ0n) is 10.9. The summed E-state index contributed by atoms with van der Waals surface area (Å²) in [4.78, 5) is 25.9. The summed E-state index contributed by atoms with van der Waals surface area (Å²) in [6.07, 6.45) is 0.160. The Morgan fingerprint density at radius 1 is 0.952 bits per heavy atom. The zero-order chi connectivity index (χ0) is 15.0. The lowest BCUT2D eigenvalue weighted by molar-refractivity contribution is -0.121. The maximum atomic E-state index is 12.6. The van der Waals surface area contributed by atoms with Crippen LogP contribution in [0.5, 0.6) is 0 Å². The Labute approximate surface area is 132 Å². The monoisotopic (exact) mass is 319 g/mol. The highest BCUT2D eigenvalue weighted by molar-refractivity contribution is 6.35. The number of amides is 2. The summed E-state index contributed by atoms with van der Waals surface area (Å²) in [6, 6.07) is 14.0. The van der Waals surface area contributed by atoms with Gasteiger partial charge in [0.05, 0.1) is 11.6 Å². The number of nitrogens with zero attached hydrogens (tertiary/aromatic N) is 1. The van der Waals surface area contributed by atoms with Gasteiger partial charge in [0.2, 0.25) is 11.8 Å². The van der Waals surface area contributed by atoms with Crippen molar-refractivity contribution in [2.24, 2.45) is 0 Å². The topological polar surface area (TPSA) is 37.4 Å². The van der Waals surface area contributed by atoms with E-state index in [0.29, 0.717) is 15.7 Å². The summed E-state index contributed by atoms with van der Waals surface area (Å²) in [7, 11) is 0. The first kappa shape index (κ1) is 14.1. The average molecular weight is 320 g/mol. The van der Waals surface area contributed by atoms with Crippen LogP contribution in [0, 0.1) is 0 Å². The minimum Gasteiger partial charge on any atom is -0.274 e. The molecule has 3 rings (SSSR count).